The molecule has 11 heteroatoms. The number of alkyl halides is 3. The third kappa shape index (κ3) is 6.64. The largest absolute Gasteiger partial charge is 0.416 e. The Hall–Kier alpha value is -1.85. The van der Waals surface area contributed by atoms with Crippen molar-refractivity contribution >= 4 is 45.6 Å². The lowest BCUT2D eigenvalue weighted by atomic mass is 10.1. The van der Waals surface area contributed by atoms with Crippen LogP contribution in [0.2, 0.25) is 0 Å². The molecule has 0 unspecified atom stereocenters. The Morgan fingerprint density at radius 2 is 1.36 bits per heavy atom. The average Bonchev–Trinajstić information content (AvgIpc) is 2.59. The summed E-state index contributed by atoms with van der Waals surface area (Å²) in [5.74, 6) is -0.100. The standard InChI is InChI=1S/C17H16F4N4S3/c18-12-2-4-14(10(6-12)8-27-16(24)25)28-13-3-1-11(17(19,20)21)5-9(13)7-26-15(22)23/h1-6H,7-8H2,(H3,22,23)(H3,24,25). The van der Waals surface area contributed by atoms with Gasteiger partial charge in [-0.3, -0.25) is 10.8 Å². The zero-order valence-electron chi connectivity index (χ0n) is 14.3. The van der Waals surface area contributed by atoms with Crippen molar-refractivity contribution in [3.8, 4) is 0 Å². The zero-order valence-corrected chi connectivity index (χ0v) is 16.7. The van der Waals surface area contributed by atoms with Crippen LogP contribution in [0.25, 0.3) is 0 Å². The minimum absolute atomic E-state index is 0.0975. The first-order valence-corrected chi connectivity index (χ1v) is 10.4. The molecule has 0 aliphatic heterocycles. The van der Waals surface area contributed by atoms with Crippen LogP contribution in [0, 0.1) is 16.6 Å². The highest BCUT2D eigenvalue weighted by Crippen LogP contribution is 2.39. The van der Waals surface area contributed by atoms with E-state index in [4.69, 9.17) is 22.3 Å². The van der Waals surface area contributed by atoms with Gasteiger partial charge in [-0.2, -0.15) is 13.2 Å². The summed E-state index contributed by atoms with van der Waals surface area (Å²) in [5, 5.41) is 14.3. The molecule has 2 aromatic rings. The summed E-state index contributed by atoms with van der Waals surface area (Å²) >= 11 is 3.14. The molecule has 4 nitrogen and oxygen atoms in total. The van der Waals surface area contributed by atoms with E-state index in [2.05, 4.69) is 0 Å². The second-order valence-corrected chi connectivity index (χ2v) is 8.60. The van der Waals surface area contributed by atoms with Gasteiger partial charge < -0.3 is 11.5 Å². The molecule has 0 aliphatic carbocycles. The van der Waals surface area contributed by atoms with Gasteiger partial charge >= 0.3 is 6.18 Å². The number of nitrogens with one attached hydrogen (secondary N) is 2. The topological polar surface area (TPSA) is 99.7 Å². The molecule has 0 radical (unpaired) electrons. The van der Waals surface area contributed by atoms with Crippen LogP contribution < -0.4 is 11.5 Å². The van der Waals surface area contributed by atoms with E-state index in [1.54, 1.807) is 0 Å². The third-order valence-corrected chi connectivity index (χ3v) is 6.17. The van der Waals surface area contributed by atoms with Gasteiger partial charge in [0.25, 0.3) is 0 Å². The van der Waals surface area contributed by atoms with Gasteiger partial charge in [0.2, 0.25) is 0 Å². The summed E-state index contributed by atoms with van der Waals surface area (Å²) in [7, 11) is 0. The fourth-order valence-electron chi connectivity index (χ4n) is 2.16. The quantitative estimate of drug-likeness (QED) is 0.275. The molecule has 150 valence electrons. The van der Waals surface area contributed by atoms with Gasteiger partial charge in [-0.1, -0.05) is 35.3 Å². The molecule has 0 spiro atoms. The molecule has 2 rings (SSSR count). The molecule has 28 heavy (non-hydrogen) atoms. The number of thioether (sulfide) groups is 2. The number of hydrogen-bond donors (Lipinski definition) is 4. The predicted molar refractivity (Wildman–Crippen MR) is 108 cm³/mol. The predicted octanol–water partition coefficient (Wildman–Crippen LogP) is 5.25. The molecule has 6 N–H and O–H groups in total. The van der Waals surface area contributed by atoms with Gasteiger partial charge in [-0.05, 0) is 47.5 Å². The summed E-state index contributed by atoms with van der Waals surface area (Å²) in [6, 6.07) is 7.48. The van der Waals surface area contributed by atoms with Crippen molar-refractivity contribution in [3.05, 3.63) is 58.9 Å². The van der Waals surface area contributed by atoms with Crippen LogP contribution in [0.4, 0.5) is 17.6 Å². The second-order valence-electron chi connectivity index (χ2n) is 5.48. The fraction of sp³-hybridized carbons (Fsp3) is 0.176. The Kier molecular flexibility index (Phi) is 7.67. The summed E-state index contributed by atoms with van der Waals surface area (Å²) in [4.78, 5) is 1.19. The number of rotatable bonds is 6. The van der Waals surface area contributed by atoms with Crippen molar-refractivity contribution in [1.82, 2.24) is 0 Å². The van der Waals surface area contributed by atoms with Crippen molar-refractivity contribution in [2.24, 2.45) is 11.5 Å². The highest BCUT2D eigenvalue weighted by atomic mass is 32.2. The van der Waals surface area contributed by atoms with Crippen LogP contribution in [0.1, 0.15) is 16.7 Å². The Balaban J connectivity index is 2.39. The molecule has 0 atom stereocenters. The highest BCUT2D eigenvalue weighted by Gasteiger charge is 2.31. The third-order valence-electron chi connectivity index (χ3n) is 3.40. The lowest BCUT2D eigenvalue weighted by Crippen LogP contribution is -2.07. The van der Waals surface area contributed by atoms with Gasteiger partial charge in [0.1, 0.15) is 5.82 Å². The van der Waals surface area contributed by atoms with Crippen LogP contribution >= 0.6 is 35.3 Å². The van der Waals surface area contributed by atoms with E-state index in [0.717, 1.165) is 35.7 Å². The molecule has 0 saturated heterocycles. The number of amidine groups is 2. The van der Waals surface area contributed by atoms with E-state index in [1.807, 2.05) is 0 Å². The van der Waals surface area contributed by atoms with Crippen LogP contribution in [0.15, 0.2) is 46.2 Å². The molecular formula is C17H16F4N4S3. The van der Waals surface area contributed by atoms with Crippen molar-refractivity contribution in [2.45, 2.75) is 27.5 Å². The maximum absolute atomic E-state index is 13.6. The Bertz CT molecular complexity index is 887. The van der Waals surface area contributed by atoms with E-state index < -0.39 is 17.6 Å². The Labute approximate surface area is 171 Å². The summed E-state index contributed by atoms with van der Waals surface area (Å²) in [6.45, 7) is 0. The second kappa shape index (κ2) is 9.57. The summed E-state index contributed by atoms with van der Waals surface area (Å²) in [5.41, 5.74) is 10.8. The summed E-state index contributed by atoms with van der Waals surface area (Å²) in [6.07, 6.45) is -4.49. The molecular weight excluding hydrogens is 432 g/mol. The number of nitrogens with two attached hydrogens (primary N) is 2. The first kappa shape index (κ1) is 22.4. The number of benzene rings is 2. The molecule has 0 amide bonds. The SMILES string of the molecule is N=C(N)SCc1cc(F)ccc1Sc1ccc(C(F)(F)F)cc1CSC(=N)N. The first-order valence-electron chi connectivity index (χ1n) is 7.66. The van der Waals surface area contributed by atoms with Crippen LogP contribution in [0.3, 0.4) is 0 Å². The van der Waals surface area contributed by atoms with Gasteiger partial charge in [-0.25, -0.2) is 4.39 Å². The minimum Gasteiger partial charge on any atom is -0.379 e. The fourth-order valence-corrected chi connectivity index (χ4v) is 4.47. The maximum Gasteiger partial charge on any atom is 0.416 e. The molecule has 0 aromatic heterocycles. The number of halogens is 4. The van der Waals surface area contributed by atoms with Gasteiger partial charge in [-0.15, -0.1) is 0 Å². The lowest BCUT2D eigenvalue weighted by Gasteiger charge is -2.15. The first-order chi connectivity index (χ1) is 13.1. The van der Waals surface area contributed by atoms with Crippen molar-refractivity contribution in [1.29, 1.82) is 10.8 Å². The Morgan fingerprint density at radius 3 is 1.86 bits per heavy atom. The van der Waals surface area contributed by atoms with Gasteiger partial charge in [0.05, 0.1) is 5.56 Å². The Morgan fingerprint density at radius 1 is 0.857 bits per heavy atom. The lowest BCUT2D eigenvalue weighted by molar-refractivity contribution is -0.137. The van der Waals surface area contributed by atoms with E-state index in [-0.39, 0.29) is 21.8 Å². The molecule has 0 fully saturated rings. The average molecular weight is 449 g/mol. The smallest absolute Gasteiger partial charge is 0.379 e. The highest BCUT2D eigenvalue weighted by molar-refractivity contribution is 8.13. The van der Waals surface area contributed by atoms with Crippen LogP contribution in [-0.4, -0.2) is 10.3 Å². The van der Waals surface area contributed by atoms with Crippen molar-refractivity contribution in [3.63, 3.8) is 0 Å². The molecule has 0 aliphatic rings. The van der Waals surface area contributed by atoms with E-state index >= 15 is 0 Å². The van der Waals surface area contributed by atoms with Gasteiger partial charge in [0.15, 0.2) is 10.3 Å². The monoisotopic (exact) mass is 448 g/mol. The van der Waals surface area contributed by atoms with Crippen LogP contribution in [-0.2, 0) is 17.7 Å². The molecule has 0 heterocycles. The van der Waals surface area contributed by atoms with Crippen LogP contribution in [0.5, 0.6) is 0 Å². The summed E-state index contributed by atoms with van der Waals surface area (Å²) < 4.78 is 52.8. The van der Waals surface area contributed by atoms with E-state index in [9.17, 15) is 17.6 Å². The molecule has 0 saturated carbocycles. The van der Waals surface area contributed by atoms with Crippen molar-refractivity contribution in [2.75, 3.05) is 0 Å². The minimum atomic E-state index is -4.49. The van der Waals surface area contributed by atoms with E-state index in [0.29, 0.717) is 20.9 Å². The maximum atomic E-state index is 13.6. The molecule has 0 bridgehead atoms. The van der Waals surface area contributed by atoms with E-state index in [1.165, 1.54) is 36.0 Å². The normalized spacial score (nSPS) is 11.4. The zero-order chi connectivity index (χ0) is 20.9. The van der Waals surface area contributed by atoms with Gasteiger partial charge in [0, 0.05) is 21.3 Å². The molecule has 2 aromatic carbocycles. The van der Waals surface area contributed by atoms with Crippen molar-refractivity contribution < 1.29 is 17.6 Å². The number of hydrogen-bond acceptors (Lipinski definition) is 5.